The predicted molar refractivity (Wildman–Crippen MR) is 165 cm³/mol. The third-order valence-electron chi connectivity index (χ3n) is 7.58. The largest absolute Gasteiger partial charge is 0.330 e. The van der Waals surface area contributed by atoms with Crippen LogP contribution >= 0.6 is 11.3 Å². The molecule has 1 aliphatic rings. The molecule has 0 N–H and O–H groups in total. The van der Waals surface area contributed by atoms with E-state index in [4.69, 9.17) is 0 Å². The molecule has 2 heterocycles. The number of hydrogen-bond donors (Lipinski definition) is 0. The van der Waals surface area contributed by atoms with Gasteiger partial charge in [0.1, 0.15) is 6.54 Å². The quantitative estimate of drug-likeness (QED) is 0.224. The van der Waals surface area contributed by atoms with Crippen molar-refractivity contribution in [3.63, 3.8) is 0 Å². The Labute approximate surface area is 241 Å². The van der Waals surface area contributed by atoms with E-state index in [1.165, 1.54) is 16.0 Å². The van der Waals surface area contributed by atoms with Gasteiger partial charge in [0.25, 0.3) is 5.91 Å². The average molecular weight is 549 g/mol. The first-order chi connectivity index (χ1) is 19.3. The zero-order valence-corrected chi connectivity index (χ0v) is 24.3. The number of carbonyl (C=O) groups excluding carboxylic acids is 2. The van der Waals surface area contributed by atoms with Gasteiger partial charge in [-0.1, -0.05) is 93.6 Å². The molecule has 1 atom stereocenters. The van der Waals surface area contributed by atoms with Crippen LogP contribution in [0.5, 0.6) is 0 Å². The third kappa shape index (κ3) is 5.80. The number of rotatable bonds is 7. The Bertz CT molecular complexity index is 1480. The summed E-state index contributed by atoms with van der Waals surface area (Å²) in [7, 11) is 0. The zero-order chi connectivity index (χ0) is 28.3. The van der Waals surface area contributed by atoms with Crippen molar-refractivity contribution in [3.8, 4) is 11.1 Å². The fourth-order valence-electron chi connectivity index (χ4n) is 5.36. The lowest BCUT2D eigenvalue weighted by Crippen LogP contribution is -2.46. The maximum Gasteiger partial charge on any atom is 0.254 e. The van der Waals surface area contributed by atoms with Gasteiger partial charge in [-0.3, -0.25) is 9.59 Å². The summed E-state index contributed by atoms with van der Waals surface area (Å²) in [6.07, 6.45) is 2.51. The molecule has 0 aliphatic carbocycles. The summed E-state index contributed by atoms with van der Waals surface area (Å²) in [4.78, 5) is 32.3. The van der Waals surface area contributed by atoms with Crippen LogP contribution < -0.4 is 0 Å². The van der Waals surface area contributed by atoms with Gasteiger partial charge >= 0.3 is 0 Å². The van der Waals surface area contributed by atoms with Gasteiger partial charge in [-0.05, 0) is 63.2 Å². The molecule has 40 heavy (non-hydrogen) atoms. The maximum atomic E-state index is 13.9. The summed E-state index contributed by atoms with van der Waals surface area (Å²) < 4.78 is 0. The van der Waals surface area contributed by atoms with E-state index in [-0.39, 0.29) is 29.8 Å². The molecule has 0 fully saturated rings. The molecule has 1 unspecified atom stereocenters. The van der Waals surface area contributed by atoms with Gasteiger partial charge in [-0.15, -0.1) is 17.9 Å². The van der Waals surface area contributed by atoms with Gasteiger partial charge in [-0.2, -0.15) is 0 Å². The predicted octanol–water partition coefficient (Wildman–Crippen LogP) is 7.52. The van der Waals surface area contributed by atoms with E-state index >= 15 is 0 Å². The number of fused-ring (bicyclic) bond motifs is 1. The summed E-state index contributed by atoms with van der Waals surface area (Å²) in [6.45, 7) is 11.4. The lowest BCUT2D eigenvalue weighted by molar-refractivity contribution is -0.133. The van der Waals surface area contributed by atoms with Crippen molar-refractivity contribution in [3.05, 3.63) is 130 Å². The van der Waals surface area contributed by atoms with Crippen LogP contribution in [0.1, 0.15) is 58.7 Å². The molecule has 1 aromatic heterocycles. The van der Waals surface area contributed by atoms with Gasteiger partial charge in [0.15, 0.2) is 0 Å². The van der Waals surface area contributed by atoms with Crippen LogP contribution in [-0.2, 0) is 16.6 Å². The Morgan fingerprint density at radius 3 is 2.27 bits per heavy atom. The monoisotopic (exact) mass is 548 g/mol. The first kappa shape index (κ1) is 27.6. The molecule has 3 aromatic carbocycles. The number of nitrogens with zero attached hydrogens (tertiary/aromatic N) is 2. The van der Waals surface area contributed by atoms with Crippen molar-refractivity contribution < 1.29 is 9.59 Å². The molecule has 0 saturated carbocycles. The van der Waals surface area contributed by atoms with E-state index in [0.29, 0.717) is 18.7 Å². The van der Waals surface area contributed by atoms with Gasteiger partial charge < -0.3 is 9.80 Å². The van der Waals surface area contributed by atoms with Crippen molar-refractivity contribution in [1.82, 2.24) is 9.80 Å². The first-order valence-electron chi connectivity index (χ1n) is 13.8. The summed E-state index contributed by atoms with van der Waals surface area (Å²) in [5.41, 5.74) is 6.30. The first-order valence-corrected chi connectivity index (χ1v) is 14.7. The van der Waals surface area contributed by atoms with Crippen molar-refractivity contribution in [1.29, 1.82) is 0 Å². The van der Waals surface area contributed by atoms with Crippen molar-refractivity contribution >= 4 is 23.2 Å². The summed E-state index contributed by atoms with van der Waals surface area (Å²) in [5, 5.41) is 2.11. The van der Waals surface area contributed by atoms with Crippen LogP contribution in [0.3, 0.4) is 0 Å². The molecular formula is C35H36N2O2S. The number of amides is 2. The molecule has 5 heteroatoms. The molecule has 5 rings (SSSR count). The van der Waals surface area contributed by atoms with Crippen LogP contribution in [0, 0.1) is 0 Å². The molecule has 1 aliphatic heterocycles. The molecule has 0 spiro atoms. The lowest BCUT2D eigenvalue weighted by Gasteiger charge is -2.37. The van der Waals surface area contributed by atoms with Gasteiger partial charge in [0.05, 0.1) is 6.04 Å². The highest BCUT2D eigenvalue weighted by Gasteiger charge is 2.34. The highest BCUT2D eigenvalue weighted by Crippen LogP contribution is 2.38. The van der Waals surface area contributed by atoms with Crippen LogP contribution in [0.4, 0.5) is 0 Å². The minimum atomic E-state index is -0.174. The highest BCUT2D eigenvalue weighted by atomic mass is 32.1. The van der Waals surface area contributed by atoms with Crippen molar-refractivity contribution in [2.45, 2.75) is 38.6 Å². The average Bonchev–Trinajstić information content (AvgIpc) is 3.45. The molecule has 204 valence electrons. The number of thiophene rings is 1. The minimum Gasteiger partial charge on any atom is -0.330 e. The van der Waals surface area contributed by atoms with E-state index < -0.39 is 0 Å². The molecule has 0 radical (unpaired) electrons. The SMILES string of the molecule is C=CCN(CC(=O)N1CCc2sccc2C1c1ccc(C(C)(C)C)cc1)C(=O)c1ccc(-c2ccccc2)cc1. The van der Waals surface area contributed by atoms with Crippen molar-refractivity contribution in [2.24, 2.45) is 0 Å². The zero-order valence-electron chi connectivity index (χ0n) is 23.5. The number of hydrogen-bond acceptors (Lipinski definition) is 3. The summed E-state index contributed by atoms with van der Waals surface area (Å²) in [5.74, 6) is -0.231. The van der Waals surface area contributed by atoms with Crippen LogP contribution in [0.15, 0.2) is 103 Å². The Balaban J connectivity index is 1.38. The lowest BCUT2D eigenvalue weighted by atomic mass is 9.85. The highest BCUT2D eigenvalue weighted by molar-refractivity contribution is 7.10. The van der Waals surface area contributed by atoms with Crippen LogP contribution in [0.2, 0.25) is 0 Å². The fourth-order valence-corrected chi connectivity index (χ4v) is 6.26. The van der Waals surface area contributed by atoms with Crippen molar-refractivity contribution in [2.75, 3.05) is 19.6 Å². The summed E-state index contributed by atoms with van der Waals surface area (Å²) >= 11 is 1.75. The van der Waals surface area contributed by atoms with Gasteiger partial charge in [-0.25, -0.2) is 0 Å². The van der Waals surface area contributed by atoms with Gasteiger partial charge in [0, 0.05) is 23.5 Å². The molecule has 4 aromatic rings. The third-order valence-corrected chi connectivity index (χ3v) is 8.58. The Morgan fingerprint density at radius 1 is 0.950 bits per heavy atom. The topological polar surface area (TPSA) is 40.6 Å². The smallest absolute Gasteiger partial charge is 0.254 e. The van der Waals surface area contributed by atoms with Crippen LogP contribution in [-0.4, -0.2) is 41.2 Å². The Morgan fingerprint density at radius 2 is 1.62 bits per heavy atom. The van der Waals surface area contributed by atoms with E-state index in [2.05, 4.69) is 63.1 Å². The van der Waals surface area contributed by atoms with E-state index in [9.17, 15) is 9.59 Å². The minimum absolute atomic E-state index is 0.00132. The Kier molecular flexibility index (Phi) is 8.04. The maximum absolute atomic E-state index is 13.9. The second-order valence-corrected chi connectivity index (χ2v) is 12.3. The molecule has 4 nitrogen and oxygen atoms in total. The molecule has 2 amide bonds. The van der Waals surface area contributed by atoms with E-state index in [0.717, 1.165) is 23.1 Å². The second-order valence-electron chi connectivity index (χ2n) is 11.3. The Hall–Kier alpha value is -3.96. The molecular weight excluding hydrogens is 512 g/mol. The second kappa shape index (κ2) is 11.6. The van der Waals surface area contributed by atoms with Crippen LogP contribution in [0.25, 0.3) is 11.1 Å². The fraction of sp³-hybridized carbons (Fsp3) is 0.257. The number of carbonyl (C=O) groups is 2. The normalized spacial score (nSPS) is 14.9. The summed E-state index contributed by atoms with van der Waals surface area (Å²) in [6, 6.07) is 28.3. The van der Waals surface area contributed by atoms with E-state index in [1.807, 2.05) is 59.5 Å². The molecule has 0 bridgehead atoms. The van der Waals surface area contributed by atoms with Gasteiger partial charge in [0.2, 0.25) is 5.91 Å². The number of benzene rings is 3. The van der Waals surface area contributed by atoms with E-state index in [1.54, 1.807) is 22.3 Å². The standard InChI is InChI=1S/C35H36N2O2S/c1-5-21-36(34(39)28-13-11-26(12-14-28)25-9-7-6-8-10-25)24-32(38)37-22-19-31-30(20-23-40-31)33(37)27-15-17-29(18-16-27)35(2,3)4/h5-18,20,23,33H,1,19,21-22,24H2,2-4H3. The molecule has 0 saturated heterocycles.